The fourth-order valence-electron chi connectivity index (χ4n) is 6.20. The van der Waals surface area contributed by atoms with Crippen molar-refractivity contribution in [3.63, 3.8) is 0 Å². The van der Waals surface area contributed by atoms with Crippen LogP contribution < -0.4 is 14.2 Å². The summed E-state index contributed by atoms with van der Waals surface area (Å²) >= 11 is 0. The van der Waals surface area contributed by atoms with E-state index in [-0.39, 0.29) is 0 Å². The molecule has 0 fully saturated rings. The number of benzene rings is 4. The van der Waals surface area contributed by atoms with E-state index in [2.05, 4.69) is 74.5 Å². The number of hydrogen-bond acceptors (Lipinski definition) is 3. The van der Waals surface area contributed by atoms with Crippen molar-refractivity contribution in [2.75, 3.05) is 14.2 Å². The lowest BCUT2D eigenvalue weighted by Crippen LogP contribution is -2.00. The van der Waals surface area contributed by atoms with Crippen LogP contribution in [0.2, 0.25) is 0 Å². The molecule has 0 bridgehead atoms. The molecule has 0 N–H and O–H groups in total. The molecule has 4 rings (SSSR count). The number of hydrogen-bond donors (Lipinski definition) is 0. The molecule has 0 radical (unpaired) electrons. The van der Waals surface area contributed by atoms with Crippen molar-refractivity contribution in [3.8, 4) is 45.3 Å². The highest BCUT2D eigenvalue weighted by atomic mass is 16.5. The average molecular weight is 607 g/mol. The smallest absolute Gasteiger partial charge is 0.131 e. The number of unbranched alkanes of at least 4 members (excludes halogenated alkanes) is 10. The lowest BCUT2D eigenvalue weighted by molar-refractivity contribution is 0.415. The predicted molar refractivity (Wildman–Crippen MR) is 191 cm³/mol. The van der Waals surface area contributed by atoms with Gasteiger partial charge in [-0.2, -0.15) is 0 Å². The molecule has 0 amide bonds. The van der Waals surface area contributed by atoms with Crippen LogP contribution in [-0.4, -0.2) is 14.2 Å². The van der Waals surface area contributed by atoms with E-state index >= 15 is 0 Å². The highest BCUT2D eigenvalue weighted by Gasteiger charge is 2.17. The van der Waals surface area contributed by atoms with Gasteiger partial charge < -0.3 is 14.2 Å². The Bertz CT molecular complexity index is 1300. The van der Waals surface area contributed by atoms with Gasteiger partial charge in [-0.15, -0.1) is 0 Å². The van der Waals surface area contributed by atoms with Crippen LogP contribution in [0.1, 0.15) is 102 Å². The van der Waals surface area contributed by atoms with Gasteiger partial charge in [0.25, 0.3) is 0 Å². The largest absolute Gasteiger partial charge is 0.497 e. The Morgan fingerprint density at radius 2 is 0.800 bits per heavy atom. The SMILES string of the molecule is CCCCCCCCc1c(Oc2cccc(-c3ccc(OC)cc3)c2CCCCCCCC)cccc1-c1ccc(OC)cc1. The number of ether oxygens (including phenoxy) is 3. The molecule has 0 spiro atoms. The van der Waals surface area contributed by atoms with Gasteiger partial charge in [-0.25, -0.2) is 0 Å². The molecule has 240 valence electrons. The molecule has 4 aromatic rings. The maximum atomic E-state index is 7.00. The van der Waals surface area contributed by atoms with Crippen molar-refractivity contribution in [2.24, 2.45) is 0 Å². The van der Waals surface area contributed by atoms with Crippen LogP contribution in [0.25, 0.3) is 22.3 Å². The first-order valence-corrected chi connectivity index (χ1v) is 17.4. The minimum atomic E-state index is 0.873. The topological polar surface area (TPSA) is 27.7 Å². The van der Waals surface area contributed by atoms with E-state index < -0.39 is 0 Å². The maximum absolute atomic E-state index is 7.00. The second-order valence-corrected chi connectivity index (χ2v) is 12.2. The summed E-state index contributed by atoms with van der Waals surface area (Å²) in [7, 11) is 3.44. The quantitative estimate of drug-likeness (QED) is 0.0937. The lowest BCUT2D eigenvalue weighted by atomic mass is 9.93. The summed E-state index contributed by atoms with van der Waals surface area (Å²) in [4.78, 5) is 0. The maximum Gasteiger partial charge on any atom is 0.131 e. The summed E-state index contributed by atoms with van der Waals surface area (Å²) in [6.07, 6.45) is 17.2. The van der Waals surface area contributed by atoms with Crippen LogP contribution in [0.3, 0.4) is 0 Å². The Morgan fingerprint density at radius 1 is 0.422 bits per heavy atom. The van der Waals surface area contributed by atoms with Crippen molar-refractivity contribution >= 4 is 0 Å². The highest BCUT2D eigenvalue weighted by Crippen LogP contribution is 2.39. The summed E-state index contributed by atoms with van der Waals surface area (Å²) < 4.78 is 17.9. The Kier molecular flexibility index (Phi) is 14.4. The van der Waals surface area contributed by atoms with Crippen LogP contribution in [0.4, 0.5) is 0 Å². The second kappa shape index (κ2) is 18.9. The van der Waals surface area contributed by atoms with Gasteiger partial charge in [0.15, 0.2) is 0 Å². The van der Waals surface area contributed by atoms with E-state index in [1.165, 1.54) is 97.6 Å². The van der Waals surface area contributed by atoms with E-state index in [1.807, 2.05) is 24.3 Å². The molecule has 0 saturated carbocycles. The summed E-state index contributed by atoms with van der Waals surface area (Å²) in [5, 5.41) is 0. The van der Waals surface area contributed by atoms with E-state index in [0.717, 1.165) is 48.7 Å². The van der Waals surface area contributed by atoms with Crippen LogP contribution in [0.15, 0.2) is 84.9 Å². The molecule has 0 heterocycles. The number of methoxy groups -OCH3 is 2. The number of rotatable bonds is 20. The monoisotopic (exact) mass is 606 g/mol. The molecular formula is C42H54O3. The fraction of sp³-hybridized carbons (Fsp3) is 0.429. The predicted octanol–water partition coefficient (Wildman–Crippen LogP) is 12.6. The third-order valence-electron chi connectivity index (χ3n) is 8.85. The van der Waals surface area contributed by atoms with Crippen LogP contribution in [0, 0.1) is 0 Å². The first kappa shape index (κ1) is 34.2. The molecule has 0 saturated heterocycles. The lowest BCUT2D eigenvalue weighted by Gasteiger charge is -2.20. The normalized spacial score (nSPS) is 11.0. The zero-order chi connectivity index (χ0) is 31.7. The second-order valence-electron chi connectivity index (χ2n) is 12.2. The summed E-state index contributed by atoms with van der Waals surface area (Å²) in [5.41, 5.74) is 7.46. The van der Waals surface area contributed by atoms with Gasteiger partial charge in [-0.3, -0.25) is 0 Å². The van der Waals surface area contributed by atoms with Crippen molar-refractivity contribution < 1.29 is 14.2 Å². The first-order valence-electron chi connectivity index (χ1n) is 17.4. The zero-order valence-electron chi connectivity index (χ0n) is 28.2. The summed E-state index contributed by atoms with van der Waals surface area (Å²) in [5.74, 6) is 3.68. The molecule has 0 aliphatic carbocycles. The molecule has 45 heavy (non-hydrogen) atoms. The molecule has 0 aromatic heterocycles. The van der Waals surface area contributed by atoms with Crippen LogP contribution in [-0.2, 0) is 12.8 Å². The highest BCUT2D eigenvalue weighted by molar-refractivity contribution is 5.73. The van der Waals surface area contributed by atoms with E-state index in [0.29, 0.717) is 0 Å². The Balaban J connectivity index is 1.68. The first-order chi connectivity index (χ1) is 22.2. The molecular weight excluding hydrogens is 552 g/mol. The molecule has 0 aliphatic rings. The van der Waals surface area contributed by atoms with E-state index in [9.17, 15) is 0 Å². The van der Waals surface area contributed by atoms with E-state index in [4.69, 9.17) is 14.2 Å². The van der Waals surface area contributed by atoms with E-state index in [1.54, 1.807) is 14.2 Å². The standard InChI is InChI=1S/C42H54O3/c1-5-7-9-11-13-15-19-39-37(33-25-29-35(43-3)30-26-33)21-17-23-41(39)45-42-24-18-22-38(34-27-31-36(44-4)32-28-34)40(42)20-16-14-12-10-8-6-2/h17-18,21-32H,5-16,19-20H2,1-4H3. The molecule has 3 nitrogen and oxygen atoms in total. The molecule has 0 unspecified atom stereocenters. The Morgan fingerprint density at radius 3 is 1.18 bits per heavy atom. The van der Waals surface area contributed by atoms with Crippen LogP contribution in [0.5, 0.6) is 23.0 Å². The van der Waals surface area contributed by atoms with Gasteiger partial charge in [-0.05, 0) is 84.3 Å². The third kappa shape index (κ3) is 10.1. The van der Waals surface area contributed by atoms with Crippen molar-refractivity contribution in [1.82, 2.24) is 0 Å². The molecule has 3 heteroatoms. The van der Waals surface area contributed by atoms with Gasteiger partial charge in [0.2, 0.25) is 0 Å². The van der Waals surface area contributed by atoms with Crippen LogP contribution >= 0.6 is 0 Å². The van der Waals surface area contributed by atoms with Gasteiger partial charge in [0.05, 0.1) is 14.2 Å². The van der Waals surface area contributed by atoms with Gasteiger partial charge >= 0.3 is 0 Å². The zero-order valence-corrected chi connectivity index (χ0v) is 28.2. The van der Waals surface area contributed by atoms with Crippen molar-refractivity contribution in [2.45, 2.75) is 104 Å². The van der Waals surface area contributed by atoms with Crippen molar-refractivity contribution in [1.29, 1.82) is 0 Å². The molecule has 0 aliphatic heterocycles. The van der Waals surface area contributed by atoms with Crippen molar-refractivity contribution in [3.05, 3.63) is 96.1 Å². The molecule has 4 aromatic carbocycles. The summed E-state index contributed by atoms with van der Waals surface area (Å²) in [6.45, 7) is 4.55. The minimum Gasteiger partial charge on any atom is -0.497 e. The van der Waals surface area contributed by atoms with Gasteiger partial charge in [0.1, 0.15) is 23.0 Å². The fourth-order valence-corrected chi connectivity index (χ4v) is 6.20. The van der Waals surface area contributed by atoms with Gasteiger partial charge in [0, 0.05) is 11.1 Å². The Labute approximate surface area is 273 Å². The minimum absolute atomic E-state index is 0.873. The molecule has 0 atom stereocenters. The Hall–Kier alpha value is -3.72. The third-order valence-corrected chi connectivity index (χ3v) is 8.85. The average Bonchev–Trinajstić information content (AvgIpc) is 3.09. The summed E-state index contributed by atoms with van der Waals surface area (Å²) in [6, 6.07) is 29.9. The van der Waals surface area contributed by atoms with Gasteiger partial charge in [-0.1, -0.05) is 127 Å².